The van der Waals surface area contributed by atoms with E-state index in [2.05, 4.69) is 27.9 Å². The molecule has 1 rings (SSSR count). The standard InChI is InChI=1S/C10H11ClINO2/c1-6(5-14)13-10(15)8-3-2-7(11)4-9(8)12/h2-4,6,14H,5H2,1H3,(H,13,15). The van der Waals surface area contributed by atoms with Gasteiger partial charge in [-0.15, -0.1) is 0 Å². The Morgan fingerprint density at radius 1 is 1.67 bits per heavy atom. The Hall–Kier alpha value is -0.330. The number of aliphatic hydroxyl groups excluding tert-OH is 1. The largest absolute Gasteiger partial charge is 0.394 e. The molecule has 0 aliphatic rings. The van der Waals surface area contributed by atoms with Crippen LogP contribution in [0.15, 0.2) is 18.2 Å². The highest BCUT2D eigenvalue weighted by Crippen LogP contribution is 2.17. The number of rotatable bonds is 3. The van der Waals surface area contributed by atoms with Crippen molar-refractivity contribution >= 4 is 40.1 Å². The Morgan fingerprint density at radius 2 is 2.33 bits per heavy atom. The highest BCUT2D eigenvalue weighted by Gasteiger charge is 2.12. The first-order valence-corrected chi connectivity index (χ1v) is 5.87. The lowest BCUT2D eigenvalue weighted by molar-refractivity contribution is 0.0921. The smallest absolute Gasteiger partial charge is 0.252 e. The van der Waals surface area contributed by atoms with Crippen LogP contribution in [0.3, 0.4) is 0 Å². The maximum absolute atomic E-state index is 11.7. The lowest BCUT2D eigenvalue weighted by atomic mass is 10.2. The van der Waals surface area contributed by atoms with Gasteiger partial charge in [0.25, 0.3) is 5.91 Å². The number of hydrogen-bond acceptors (Lipinski definition) is 2. The number of aliphatic hydroxyl groups is 1. The summed E-state index contributed by atoms with van der Waals surface area (Å²) in [5.74, 6) is -0.197. The van der Waals surface area contributed by atoms with Crippen LogP contribution in [0, 0.1) is 3.57 Å². The van der Waals surface area contributed by atoms with E-state index >= 15 is 0 Å². The summed E-state index contributed by atoms with van der Waals surface area (Å²) >= 11 is 7.83. The molecule has 5 heteroatoms. The highest BCUT2D eigenvalue weighted by molar-refractivity contribution is 14.1. The predicted molar refractivity (Wildman–Crippen MR) is 68.2 cm³/mol. The van der Waals surface area contributed by atoms with Gasteiger partial charge in [-0.1, -0.05) is 11.6 Å². The van der Waals surface area contributed by atoms with Crippen LogP contribution in [0.4, 0.5) is 0 Å². The minimum absolute atomic E-state index is 0.0735. The second-order valence-electron chi connectivity index (χ2n) is 3.18. The van der Waals surface area contributed by atoms with Gasteiger partial charge < -0.3 is 10.4 Å². The van der Waals surface area contributed by atoms with Gasteiger partial charge in [0.2, 0.25) is 0 Å². The van der Waals surface area contributed by atoms with Crippen LogP contribution >= 0.6 is 34.2 Å². The molecule has 0 heterocycles. The quantitative estimate of drug-likeness (QED) is 0.828. The molecule has 15 heavy (non-hydrogen) atoms. The SMILES string of the molecule is CC(CO)NC(=O)c1ccc(Cl)cc1I. The molecular formula is C10H11ClINO2. The number of benzene rings is 1. The number of nitrogens with one attached hydrogen (secondary N) is 1. The Balaban J connectivity index is 2.82. The molecule has 0 spiro atoms. The fourth-order valence-corrected chi connectivity index (χ4v) is 2.14. The molecule has 0 aliphatic carbocycles. The molecule has 1 aromatic carbocycles. The molecule has 0 bridgehead atoms. The van der Waals surface area contributed by atoms with Crippen LogP contribution in [0.2, 0.25) is 5.02 Å². The van der Waals surface area contributed by atoms with Gasteiger partial charge in [-0.05, 0) is 47.7 Å². The van der Waals surface area contributed by atoms with Gasteiger partial charge in [-0.25, -0.2) is 0 Å². The number of carbonyl (C=O) groups is 1. The fourth-order valence-electron chi connectivity index (χ4n) is 1.02. The van der Waals surface area contributed by atoms with E-state index in [1.54, 1.807) is 25.1 Å². The van der Waals surface area contributed by atoms with Gasteiger partial charge in [0.15, 0.2) is 0 Å². The van der Waals surface area contributed by atoms with Gasteiger partial charge >= 0.3 is 0 Å². The van der Waals surface area contributed by atoms with E-state index < -0.39 is 0 Å². The summed E-state index contributed by atoms with van der Waals surface area (Å²) in [6, 6.07) is 4.82. The Kier molecular flexibility index (Phi) is 4.82. The topological polar surface area (TPSA) is 49.3 Å². The number of hydrogen-bond donors (Lipinski definition) is 2. The minimum Gasteiger partial charge on any atom is -0.394 e. The van der Waals surface area contributed by atoms with Crippen LogP contribution in [-0.4, -0.2) is 23.7 Å². The molecule has 0 aromatic heterocycles. The van der Waals surface area contributed by atoms with Crippen molar-refractivity contribution in [1.82, 2.24) is 5.32 Å². The zero-order valence-corrected chi connectivity index (χ0v) is 11.0. The van der Waals surface area contributed by atoms with Gasteiger partial charge in [-0.2, -0.15) is 0 Å². The molecule has 82 valence electrons. The molecule has 0 saturated carbocycles. The number of carbonyl (C=O) groups excluding carboxylic acids is 1. The monoisotopic (exact) mass is 339 g/mol. The van der Waals surface area contributed by atoms with E-state index in [0.29, 0.717) is 10.6 Å². The molecule has 1 aromatic rings. The first-order valence-electron chi connectivity index (χ1n) is 4.41. The normalized spacial score (nSPS) is 12.3. The maximum atomic E-state index is 11.7. The van der Waals surface area contributed by atoms with E-state index in [4.69, 9.17) is 16.7 Å². The van der Waals surface area contributed by atoms with Gasteiger partial charge in [0.05, 0.1) is 12.2 Å². The number of amides is 1. The first kappa shape index (κ1) is 12.7. The molecule has 0 aliphatic heterocycles. The van der Waals surface area contributed by atoms with Gasteiger partial charge in [0, 0.05) is 14.6 Å². The van der Waals surface area contributed by atoms with Crippen molar-refractivity contribution in [2.24, 2.45) is 0 Å². The number of halogens is 2. The van der Waals surface area contributed by atoms with E-state index in [1.165, 1.54) is 0 Å². The van der Waals surface area contributed by atoms with Crippen molar-refractivity contribution in [2.75, 3.05) is 6.61 Å². The maximum Gasteiger partial charge on any atom is 0.252 e. The molecule has 3 nitrogen and oxygen atoms in total. The van der Waals surface area contributed by atoms with Crippen molar-refractivity contribution in [1.29, 1.82) is 0 Å². The summed E-state index contributed by atoms with van der Waals surface area (Å²) < 4.78 is 0.794. The third-order valence-corrected chi connectivity index (χ3v) is 2.95. The van der Waals surface area contributed by atoms with Gasteiger partial charge in [0.1, 0.15) is 0 Å². The summed E-state index contributed by atoms with van der Waals surface area (Å²) in [5, 5.41) is 12.1. The lowest BCUT2D eigenvalue weighted by Gasteiger charge is -2.11. The first-order chi connectivity index (χ1) is 7.04. The van der Waals surface area contributed by atoms with Gasteiger partial charge in [-0.3, -0.25) is 4.79 Å². The van der Waals surface area contributed by atoms with Crippen LogP contribution in [0.1, 0.15) is 17.3 Å². The van der Waals surface area contributed by atoms with E-state index in [0.717, 1.165) is 3.57 Å². The summed E-state index contributed by atoms with van der Waals surface area (Å²) in [6.07, 6.45) is 0. The molecule has 1 amide bonds. The second kappa shape index (κ2) is 5.67. The summed E-state index contributed by atoms with van der Waals surface area (Å²) in [5.41, 5.74) is 0.570. The Labute approximate surface area is 107 Å². The second-order valence-corrected chi connectivity index (χ2v) is 4.78. The average Bonchev–Trinajstić information content (AvgIpc) is 2.17. The lowest BCUT2D eigenvalue weighted by Crippen LogP contribution is -2.35. The van der Waals surface area contributed by atoms with E-state index in [9.17, 15) is 4.79 Å². The summed E-state index contributed by atoms with van der Waals surface area (Å²) in [4.78, 5) is 11.7. The van der Waals surface area contributed by atoms with E-state index in [1.807, 2.05) is 0 Å². The van der Waals surface area contributed by atoms with Crippen molar-refractivity contribution in [3.8, 4) is 0 Å². The molecule has 1 unspecified atom stereocenters. The molecule has 1 atom stereocenters. The van der Waals surface area contributed by atoms with E-state index in [-0.39, 0.29) is 18.6 Å². The molecular weight excluding hydrogens is 328 g/mol. The zero-order chi connectivity index (χ0) is 11.4. The Bertz CT molecular complexity index is 370. The zero-order valence-electron chi connectivity index (χ0n) is 8.13. The van der Waals surface area contributed by atoms with Crippen molar-refractivity contribution in [3.63, 3.8) is 0 Å². The summed E-state index contributed by atoms with van der Waals surface area (Å²) in [7, 11) is 0. The third kappa shape index (κ3) is 3.62. The molecule has 0 saturated heterocycles. The molecule has 0 radical (unpaired) electrons. The Morgan fingerprint density at radius 3 is 2.87 bits per heavy atom. The average molecular weight is 340 g/mol. The molecule has 0 fully saturated rings. The van der Waals surface area contributed by atoms with Crippen molar-refractivity contribution in [2.45, 2.75) is 13.0 Å². The van der Waals surface area contributed by atoms with Crippen molar-refractivity contribution < 1.29 is 9.90 Å². The van der Waals surface area contributed by atoms with Crippen LogP contribution in [-0.2, 0) is 0 Å². The summed E-state index contributed by atoms with van der Waals surface area (Å²) in [6.45, 7) is 1.66. The van der Waals surface area contributed by atoms with Crippen molar-refractivity contribution in [3.05, 3.63) is 32.4 Å². The van der Waals surface area contributed by atoms with Crippen LogP contribution < -0.4 is 5.32 Å². The fraction of sp³-hybridized carbons (Fsp3) is 0.300. The molecule has 2 N–H and O–H groups in total. The highest BCUT2D eigenvalue weighted by atomic mass is 127. The van der Waals surface area contributed by atoms with Crippen LogP contribution in [0.25, 0.3) is 0 Å². The minimum atomic E-state index is -0.246. The predicted octanol–water partition coefficient (Wildman–Crippen LogP) is 2.06. The van der Waals surface area contributed by atoms with Crippen LogP contribution in [0.5, 0.6) is 0 Å². The third-order valence-electron chi connectivity index (χ3n) is 1.83.